The molecule has 9 heteroatoms. The van der Waals surface area contributed by atoms with Crippen molar-refractivity contribution in [3.05, 3.63) is 23.8 Å². The molecular weight excluding hydrogens is 642 g/mol. The Labute approximate surface area is 298 Å². The summed E-state index contributed by atoms with van der Waals surface area (Å²) in [6.45, 7) is 7.11. The molecule has 0 aromatic heterocycles. The van der Waals surface area contributed by atoms with E-state index in [9.17, 15) is 19.5 Å². The van der Waals surface area contributed by atoms with Crippen LogP contribution in [0.1, 0.15) is 150 Å². The maximum absolute atomic E-state index is 17.7. The van der Waals surface area contributed by atoms with Crippen molar-refractivity contribution in [2.45, 2.75) is 186 Å². The first-order valence-corrected chi connectivity index (χ1v) is 19.9. The number of ketones is 2. The van der Waals surface area contributed by atoms with Gasteiger partial charge in [0.25, 0.3) is 0 Å². The van der Waals surface area contributed by atoms with Crippen LogP contribution in [-0.4, -0.2) is 65.2 Å². The Balaban J connectivity index is 1.18. The fourth-order valence-electron chi connectivity index (χ4n) is 10.5. The van der Waals surface area contributed by atoms with E-state index in [1.54, 1.807) is 6.92 Å². The minimum absolute atomic E-state index is 0.0568. The van der Waals surface area contributed by atoms with E-state index in [2.05, 4.69) is 6.92 Å². The van der Waals surface area contributed by atoms with Crippen LogP contribution in [0.4, 0.5) is 8.78 Å². The molecule has 1 N–H and O–H groups in total. The van der Waals surface area contributed by atoms with Crippen molar-refractivity contribution in [3.8, 4) is 0 Å². The Kier molecular flexibility index (Phi) is 12.8. The molecule has 0 radical (unpaired) electrons. The third-order valence-electron chi connectivity index (χ3n) is 13.2. The molecule has 7 nitrogen and oxygen atoms in total. The van der Waals surface area contributed by atoms with E-state index in [1.807, 2.05) is 13.8 Å². The number of allylic oxidation sites excluding steroid dienone is 4. The number of fused-ring (bicyclic) bond motifs is 7. The normalized spacial score (nSPS) is 38.6. The Morgan fingerprint density at radius 3 is 2.16 bits per heavy atom. The first-order valence-electron chi connectivity index (χ1n) is 19.9. The SMILES string of the molecule is CCCCCCCCCCCCCCCC(=O)OCC(=O)[C@@]12OC(CCC)O[C@@H]1C[C@H]1[C@@H]3C[C@H](F)C4=CC(=O)C=C[C@]4(C)[C@@]3(F)[C@@H](O)C[C@@]12C. The van der Waals surface area contributed by atoms with Crippen LogP contribution in [0.5, 0.6) is 0 Å². The van der Waals surface area contributed by atoms with Crippen molar-refractivity contribution in [1.29, 1.82) is 0 Å². The lowest BCUT2D eigenvalue weighted by molar-refractivity contribution is -0.235. The van der Waals surface area contributed by atoms with E-state index >= 15 is 8.78 Å². The summed E-state index contributed by atoms with van der Waals surface area (Å²) in [4.78, 5) is 39.3. The Hall–Kier alpha value is -1.97. The van der Waals surface area contributed by atoms with Crippen molar-refractivity contribution in [2.24, 2.45) is 22.7 Å². The van der Waals surface area contributed by atoms with Gasteiger partial charge in [0.15, 0.2) is 29.9 Å². The smallest absolute Gasteiger partial charge is 0.306 e. The second kappa shape index (κ2) is 16.4. The number of carbonyl (C=O) groups is 3. The summed E-state index contributed by atoms with van der Waals surface area (Å²) in [5.74, 6) is -2.81. The fourth-order valence-corrected chi connectivity index (χ4v) is 10.5. The topological polar surface area (TPSA) is 99.1 Å². The summed E-state index contributed by atoms with van der Waals surface area (Å²) in [7, 11) is 0. The lowest BCUT2D eigenvalue weighted by Crippen LogP contribution is -2.71. The molecule has 1 aliphatic heterocycles. The number of esters is 1. The molecule has 0 aromatic carbocycles. The van der Waals surface area contributed by atoms with Gasteiger partial charge in [-0.15, -0.1) is 0 Å². The molecule has 10 atom stereocenters. The van der Waals surface area contributed by atoms with E-state index < -0.39 is 82.7 Å². The van der Waals surface area contributed by atoms with Crippen molar-refractivity contribution >= 4 is 17.5 Å². The van der Waals surface area contributed by atoms with E-state index in [1.165, 1.54) is 76.0 Å². The molecule has 282 valence electrons. The molecule has 4 aliphatic carbocycles. The van der Waals surface area contributed by atoms with E-state index in [-0.39, 0.29) is 31.3 Å². The summed E-state index contributed by atoms with van der Waals surface area (Å²) in [6, 6.07) is 0. The Bertz CT molecular complexity index is 1280. The number of Topliss-reactive ketones (excluding diaryl/α,β-unsaturated/α-hetero) is 1. The summed E-state index contributed by atoms with van der Waals surface area (Å²) < 4.78 is 52.0. The maximum atomic E-state index is 17.7. The van der Waals surface area contributed by atoms with Crippen LogP contribution in [0.15, 0.2) is 23.8 Å². The van der Waals surface area contributed by atoms with Crippen molar-refractivity contribution in [1.82, 2.24) is 0 Å². The first-order chi connectivity index (χ1) is 23.9. The van der Waals surface area contributed by atoms with Gasteiger partial charge >= 0.3 is 5.97 Å². The lowest BCUT2D eigenvalue weighted by Gasteiger charge is -2.63. The largest absolute Gasteiger partial charge is 0.458 e. The van der Waals surface area contributed by atoms with Crippen molar-refractivity contribution in [2.75, 3.05) is 6.61 Å². The molecule has 5 aliphatic rings. The summed E-state index contributed by atoms with van der Waals surface area (Å²) >= 11 is 0. The first kappa shape index (κ1) is 39.2. The maximum Gasteiger partial charge on any atom is 0.306 e. The predicted octanol–water partition coefficient (Wildman–Crippen LogP) is 8.79. The Morgan fingerprint density at radius 1 is 0.920 bits per heavy atom. The second-order valence-electron chi connectivity index (χ2n) is 16.4. The molecule has 4 fully saturated rings. The summed E-state index contributed by atoms with van der Waals surface area (Å²) in [5.41, 5.74) is -6.41. The minimum atomic E-state index is -2.27. The molecule has 1 saturated heterocycles. The average molecular weight is 705 g/mol. The third-order valence-corrected chi connectivity index (χ3v) is 13.2. The molecule has 0 aromatic rings. The zero-order valence-corrected chi connectivity index (χ0v) is 31.0. The van der Waals surface area contributed by atoms with Gasteiger partial charge in [0, 0.05) is 23.2 Å². The number of halogens is 2. The number of carbonyl (C=O) groups excluding carboxylic acids is 3. The molecular formula is C41H62F2O7. The molecule has 1 heterocycles. The quantitative estimate of drug-likeness (QED) is 0.106. The number of ether oxygens (including phenoxy) is 3. The van der Waals surface area contributed by atoms with Gasteiger partial charge in [-0.1, -0.05) is 110 Å². The second-order valence-corrected chi connectivity index (χ2v) is 16.4. The van der Waals surface area contributed by atoms with Gasteiger partial charge in [0.05, 0.1) is 12.2 Å². The number of hydrogen-bond acceptors (Lipinski definition) is 7. The van der Waals surface area contributed by atoms with Gasteiger partial charge in [-0.05, 0) is 62.7 Å². The standard InChI is InChI=1S/C41H62F2O7/c1-5-7-8-9-10-11-12-13-14-15-16-17-18-20-36(47)48-27-34(46)41-35(49-37(50-41)19-6-2)25-29-30-24-32(42)31-23-28(44)21-22-38(31,3)40(30,43)33(45)26-39(29,41)4/h21-23,29-30,32-33,35,37,45H,5-20,24-27H2,1-4H3/t29-,30-,32-,33-,35+,37?,38-,39-,40-,41+/m0/s1. The fraction of sp³-hybridized carbons (Fsp3) is 0.829. The number of aliphatic hydroxyl groups is 1. The minimum Gasteiger partial charge on any atom is -0.458 e. The molecule has 5 rings (SSSR count). The van der Waals surface area contributed by atoms with Gasteiger partial charge in [-0.3, -0.25) is 14.4 Å². The highest BCUT2D eigenvalue weighted by atomic mass is 19.1. The van der Waals surface area contributed by atoms with Gasteiger partial charge in [-0.25, -0.2) is 8.78 Å². The van der Waals surface area contributed by atoms with Gasteiger partial charge in [0.1, 0.15) is 6.17 Å². The number of hydrogen-bond donors (Lipinski definition) is 1. The zero-order valence-electron chi connectivity index (χ0n) is 31.0. The van der Waals surface area contributed by atoms with Gasteiger partial charge < -0.3 is 19.3 Å². The van der Waals surface area contributed by atoms with Crippen molar-refractivity contribution < 1.29 is 42.5 Å². The molecule has 0 amide bonds. The van der Waals surface area contributed by atoms with Crippen LogP contribution < -0.4 is 0 Å². The average Bonchev–Trinajstić information content (AvgIpc) is 3.56. The van der Waals surface area contributed by atoms with Crippen LogP contribution in [-0.2, 0) is 28.6 Å². The lowest BCUT2D eigenvalue weighted by atomic mass is 9.44. The van der Waals surface area contributed by atoms with E-state index in [4.69, 9.17) is 14.2 Å². The zero-order chi connectivity index (χ0) is 36.2. The van der Waals surface area contributed by atoms with E-state index in [0.717, 1.165) is 25.7 Å². The molecule has 50 heavy (non-hydrogen) atoms. The molecule has 0 bridgehead atoms. The molecule has 1 unspecified atom stereocenters. The van der Waals surface area contributed by atoms with E-state index in [0.29, 0.717) is 12.8 Å². The third kappa shape index (κ3) is 7.05. The Morgan fingerprint density at radius 2 is 1.54 bits per heavy atom. The monoisotopic (exact) mass is 704 g/mol. The van der Waals surface area contributed by atoms with Crippen LogP contribution in [0.3, 0.4) is 0 Å². The highest BCUT2D eigenvalue weighted by Crippen LogP contribution is 2.72. The van der Waals surface area contributed by atoms with Gasteiger partial charge in [0.2, 0.25) is 5.78 Å². The number of rotatable bonds is 19. The highest BCUT2D eigenvalue weighted by Gasteiger charge is 2.80. The summed E-state index contributed by atoms with van der Waals surface area (Å²) in [5, 5.41) is 11.7. The van der Waals surface area contributed by atoms with Crippen LogP contribution >= 0.6 is 0 Å². The number of unbranched alkanes of at least 4 members (excludes halogenated alkanes) is 12. The molecule has 0 spiro atoms. The summed E-state index contributed by atoms with van der Waals surface area (Å²) in [6.07, 6.45) is 16.3. The predicted molar refractivity (Wildman–Crippen MR) is 188 cm³/mol. The van der Waals surface area contributed by atoms with Crippen LogP contribution in [0.2, 0.25) is 0 Å². The van der Waals surface area contributed by atoms with Crippen LogP contribution in [0.25, 0.3) is 0 Å². The number of aliphatic hydroxyl groups excluding tert-OH is 1. The van der Waals surface area contributed by atoms with Gasteiger partial charge in [-0.2, -0.15) is 0 Å². The number of alkyl halides is 2. The molecule has 3 saturated carbocycles. The van der Waals surface area contributed by atoms with Crippen LogP contribution in [0, 0.1) is 22.7 Å². The highest BCUT2D eigenvalue weighted by molar-refractivity contribution is 6.01. The van der Waals surface area contributed by atoms with Crippen molar-refractivity contribution in [3.63, 3.8) is 0 Å².